The fourth-order valence-corrected chi connectivity index (χ4v) is 7.83. The van der Waals surface area contributed by atoms with Crippen LogP contribution in [0.25, 0.3) is 0 Å². The predicted octanol–water partition coefficient (Wildman–Crippen LogP) is 4.08. The first kappa shape index (κ1) is 30.8. The maximum Gasteiger partial charge on any atom is 0.416 e. The van der Waals surface area contributed by atoms with Gasteiger partial charge in [0.05, 0.1) is 18.4 Å². The molecule has 3 aliphatic heterocycles. The molecule has 1 amide bonds. The number of nitrogens with zero attached hydrogens (tertiary/aromatic N) is 2. The van der Waals surface area contributed by atoms with Crippen LogP contribution in [0, 0.1) is 0 Å². The lowest BCUT2D eigenvalue weighted by Crippen LogP contribution is -2.63. The molecule has 0 radical (unpaired) electrons. The first-order chi connectivity index (χ1) is 20.1. The van der Waals surface area contributed by atoms with E-state index < -0.39 is 38.7 Å². The summed E-state index contributed by atoms with van der Waals surface area (Å²) < 4.78 is 83.4. The number of alkyl halides is 3. The highest BCUT2D eigenvalue weighted by Gasteiger charge is 2.55. The smallest absolute Gasteiger partial charge is 0.416 e. The molecule has 1 unspecified atom stereocenters. The molecule has 0 bridgehead atoms. The Balaban J connectivity index is 1.24. The van der Waals surface area contributed by atoms with Gasteiger partial charge in [-0.25, -0.2) is 23.0 Å². The van der Waals surface area contributed by atoms with Crippen molar-refractivity contribution in [2.75, 3.05) is 32.8 Å². The topological polar surface area (TPSA) is 111 Å². The van der Waals surface area contributed by atoms with Gasteiger partial charge in [0.2, 0.25) is 10.0 Å². The number of hydrogen-bond acceptors (Lipinski definition) is 8. The van der Waals surface area contributed by atoms with Crippen molar-refractivity contribution in [3.8, 4) is 5.75 Å². The maximum absolute atomic E-state index is 14.2. The predicted molar refractivity (Wildman–Crippen MR) is 144 cm³/mol. The standard InChI is InChI=1S/C28H36F3N3O7S/c29-28(30,31)21-6-8-22(9-7-21)40-23-10-14-34(15-11-23)42(36,37)27(26(35)32-41-25-5-1-2-18-39-25)12-16-33(17-13-27)20-24-4-3-19-38-24/h3-4,6-9,19,23,25H,1-2,5,10-18,20H2,(H,32,35). The maximum atomic E-state index is 14.2. The van der Waals surface area contributed by atoms with Crippen LogP contribution in [0.2, 0.25) is 0 Å². The third-order valence-corrected chi connectivity index (χ3v) is 10.8. The average molecular weight is 616 g/mol. The Morgan fingerprint density at radius 2 is 1.74 bits per heavy atom. The number of ether oxygens (including phenoxy) is 2. The summed E-state index contributed by atoms with van der Waals surface area (Å²) in [5.41, 5.74) is 1.64. The Morgan fingerprint density at radius 3 is 2.33 bits per heavy atom. The zero-order chi connectivity index (χ0) is 29.8. The first-order valence-corrected chi connectivity index (χ1v) is 15.7. The summed E-state index contributed by atoms with van der Waals surface area (Å²) in [6.07, 6.45) is -0.684. The number of nitrogens with one attached hydrogen (secondary N) is 1. The van der Waals surface area contributed by atoms with E-state index >= 15 is 0 Å². The molecule has 10 nitrogen and oxygen atoms in total. The number of likely N-dealkylation sites (tertiary alicyclic amines) is 1. The number of rotatable bonds is 9. The lowest BCUT2D eigenvalue weighted by atomic mass is 9.95. The quantitative estimate of drug-likeness (QED) is 0.421. The second-order valence-corrected chi connectivity index (χ2v) is 13.2. The van der Waals surface area contributed by atoms with Gasteiger partial charge in [0.15, 0.2) is 11.0 Å². The van der Waals surface area contributed by atoms with E-state index in [0.717, 1.165) is 30.7 Å². The molecule has 232 valence electrons. The van der Waals surface area contributed by atoms with Crippen molar-refractivity contribution < 1.29 is 45.1 Å². The van der Waals surface area contributed by atoms with Gasteiger partial charge < -0.3 is 13.9 Å². The number of piperidine rings is 2. The zero-order valence-electron chi connectivity index (χ0n) is 23.2. The number of carbonyl (C=O) groups is 1. The molecule has 0 aliphatic carbocycles. The Morgan fingerprint density at radius 1 is 1.02 bits per heavy atom. The lowest BCUT2D eigenvalue weighted by molar-refractivity contribution is -0.202. The van der Waals surface area contributed by atoms with Crippen LogP contribution in [0.1, 0.15) is 56.3 Å². The monoisotopic (exact) mass is 615 g/mol. The van der Waals surface area contributed by atoms with Gasteiger partial charge in [0.1, 0.15) is 17.6 Å². The van der Waals surface area contributed by atoms with E-state index in [0.29, 0.717) is 45.5 Å². The molecule has 1 aromatic heterocycles. The molecule has 1 N–H and O–H groups in total. The van der Waals surface area contributed by atoms with Gasteiger partial charge in [-0.05, 0) is 74.9 Å². The number of furan rings is 1. The minimum atomic E-state index is -4.44. The number of carbonyl (C=O) groups excluding carboxylic acids is 1. The molecule has 42 heavy (non-hydrogen) atoms. The minimum absolute atomic E-state index is 0.0682. The van der Waals surface area contributed by atoms with Gasteiger partial charge in [-0.2, -0.15) is 13.2 Å². The SMILES string of the molecule is O=C(NOC1CCCCO1)C1(S(=O)(=O)N2CCC(Oc3ccc(C(F)(F)F)cc3)CC2)CCN(Cc2ccco2)CC1. The third-order valence-electron chi connectivity index (χ3n) is 8.18. The van der Waals surface area contributed by atoms with Gasteiger partial charge in [-0.15, -0.1) is 0 Å². The van der Waals surface area contributed by atoms with Crippen molar-refractivity contribution in [2.24, 2.45) is 0 Å². The van der Waals surface area contributed by atoms with Crippen molar-refractivity contribution in [3.63, 3.8) is 0 Å². The number of hydroxylamine groups is 1. The van der Waals surface area contributed by atoms with Gasteiger partial charge in [0.25, 0.3) is 5.91 Å². The summed E-state index contributed by atoms with van der Waals surface area (Å²) in [5, 5.41) is 0. The number of sulfonamides is 1. The van der Waals surface area contributed by atoms with Crippen LogP contribution in [0.3, 0.4) is 0 Å². The largest absolute Gasteiger partial charge is 0.490 e. The molecule has 1 atom stereocenters. The molecule has 0 saturated carbocycles. The molecule has 4 heterocycles. The van der Waals surface area contributed by atoms with Crippen molar-refractivity contribution in [1.29, 1.82) is 0 Å². The van der Waals surface area contributed by atoms with E-state index in [-0.39, 0.29) is 37.8 Å². The second-order valence-electron chi connectivity index (χ2n) is 10.9. The number of hydrogen-bond donors (Lipinski definition) is 1. The summed E-state index contributed by atoms with van der Waals surface area (Å²) in [7, 11) is -4.13. The van der Waals surface area contributed by atoms with Gasteiger partial charge in [-0.3, -0.25) is 9.69 Å². The van der Waals surface area contributed by atoms with Crippen molar-refractivity contribution in [1.82, 2.24) is 14.7 Å². The Kier molecular flexibility index (Phi) is 9.47. The summed E-state index contributed by atoms with van der Waals surface area (Å²) >= 11 is 0. The highest BCUT2D eigenvalue weighted by Crippen LogP contribution is 2.36. The fourth-order valence-electron chi connectivity index (χ4n) is 5.67. The lowest BCUT2D eigenvalue weighted by Gasteiger charge is -2.43. The van der Waals surface area contributed by atoms with E-state index in [1.54, 1.807) is 12.3 Å². The van der Waals surface area contributed by atoms with Crippen molar-refractivity contribution in [2.45, 2.75) is 74.8 Å². The molecule has 3 saturated heterocycles. The third kappa shape index (κ3) is 6.94. The van der Waals surface area contributed by atoms with Crippen LogP contribution in [0.5, 0.6) is 5.75 Å². The summed E-state index contributed by atoms with van der Waals surface area (Å²) in [6, 6.07) is 8.07. The molecule has 5 rings (SSSR count). The Labute approximate surface area is 243 Å². The molecule has 1 aromatic carbocycles. The molecule has 0 spiro atoms. The van der Waals surface area contributed by atoms with Gasteiger partial charge in [0, 0.05) is 39.2 Å². The van der Waals surface area contributed by atoms with E-state index in [1.807, 2.05) is 6.07 Å². The Bertz CT molecular complexity index is 1270. The first-order valence-electron chi connectivity index (χ1n) is 14.2. The van der Waals surface area contributed by atoms with Gasteiger partial charge >= 0.3 is 6.18 Å². The van der Waals surface area contributed by atoms with E-state index in [4.69, 9.17) is 18.7 Å². The average Bonchev–Trinajstić information content (AvgIpc) is 3.50. The van der Waals surface area contributed by atoms with Crippen LogP contribution in [-0.2, 0) is 37.1 Å². The van der Waals surface area contributed by atoms with Crippen LogP contribution in [-0.4, -0.2) is 73.5 Å². The molecule has 14 heteroatoms. The number of amides is 1. The molecule has 3 aliphatic rings. The van der Waals surface area contributed by atoms with Crippen LogP contribution < -0.4 is 10.2 Å². The van der Waals surface area contributed by atoms with Crippen LogP contribution >= 0.6 is 0 Å². The molecule has 2 aromatic rings. The summed E-state index contributed by atoms with van der Waals surface area (Å²) in [4.78, 5) is 21.2. The van der Waals surface area contributed by atoms with Crippen LogP contribution in [0.4, 0.5) is 13.2 Å². The summed E-state index contributed by atoms with van der Waals surface area (Å²) in [5.74, 6) is 0.325. The zero-order valence-corrected chi connectivity index (χ0v) is 24.0. The highest BCUT2D eigenvalue weighted by atomic mass is 32.2. The van der Waals surface area contributed by atoms with Crippen LogP contribution in [0.15, 0.2) is 47.1 Å². The fraction of sp³-hybridized carbons (Fsp3) is 0.607. The number of halogens is 3. The normalized spacial score (nSPS) is 23.0. The van der Waals surface area contributed by atoms with E-state index in [1.165, 1.54) is 16.4 Å². The Hall–Kier alpha value is -2.65. The second kappa shape index (κ2) is 12.9. The van der Waals surface area contributed by atoms with E-state index in [9.17, 15) is 26.4 Å². The highest BCUT2D eigenvalue weighted by molar-refractivity contribution is 7.91. The molecular formula is C28H36F3N3O7S. The number of benzene rings is 1. The van der Waals surface area contributed by atoms with E-state index in [2.05, 4.69) is 10.4 Å². The van der Waals surface area contributed by atoms with Crippen molar-refractivity contribution in [3.05, 3.63) is 54.0 Å². The molecule has 3 fully saturated rings. The molecular weight excluding hydrogens is 579 g/mol. The van der Waals surface area contributed by atoms with Gasteiger partial charge in [-0.1, -0.05) is 0 Å². The summed E-state index contributed by atoms with van der Waals surface area (Å²) in [6.45, 7) is 1.97. The minimum Gasteiger partial charge on any atom is -0.490 e. The van der Waals surface area contributed by atoms with Crippen molar-refractivity contribution >= 4 is 15.9 Å².